The van der Waals surface area contributed by atoms with Gasteiger partial charge in [0.1, 0.15) is 4.60 Å². The van der Waals surface area contributed by atoms with E-state index in [9.17, 15) is 0 Å². The number of ether oxygens (including phenoxy) is 1. The number of methoxy groups -OCH3 is 1. The van der Waals surface area contributed by atoms with Gasteiger partial charge in [0.15, 0.2) is 0 Å². The van der Waals surface area contributed by atoms with Crippen LogP contribution in [-0.4, -0.2) is 12.1 Å². The lowest BCUT2D eigenvalue weighted by molar-refractivity contribution is 0.186. The average Bonchev–Trinajstić information content (AvgIpc) is 2.19. The van der Waals surface area contributed by atoms with Crippen LogP contribution < -0.4 is 0 Å². The molecule has 0 atom stereocenters. The molecular formula is C11H10BrNO. The van der Waals surface area contributed by atoms with E-state index in [-0.39, 0.29) is 0 Å². The third-order valence-electron chi connectivity index (χ3n) is 2.07. The highest BCUT2D eigenvalue weighted by atomic mass is 79.9. The van der Waals surface area contributed by atoms with E-state index in [0.717, 1.165) is 21.1 Å². The summed E-state index contributed by atoms with van der Waals surface area (Å²) in [5.41, 5.74) is 2.12. The molecule has 0 saturated heterocycles. The number of pyridine rings is 1. The third kappa shape index (κ3) is 1.79. The van der Waals surface area contributed by atoms with Crippen LogP contribution in [0.1, 0.15) is 5.56 Å². The Morgan fingerprint density at radius 1 is 1.29 bits per heavy atom. The SMILES string of the molecule is COCc1cccc2ccc(Br)nc12. The van der Waals surface area contributed by atoms with Gasteiger partial charge in [-0.25, -0.2) is 4.98 Å². The van der Waals surface area contributed by atoms with Gasteiger partial charge in [0.2, 0.25) is 0 Å². The minimum Gasteiger partial charge on any atom is -0.380 e. The zero-order chi connectivity index (χ0) is 9.97. The first-order chi connectivity index (χ1) is 6.81. The molecule has 2 nitrogen and oxygen atoms in total. The maximum atomic E-state index is 5.12. The second-order valence-corrected chi connectivity index (χ2v) is 3.87. The summed E-state index contributed by atoms with van der Waals surface area (Å²) in [5, 5.41) is 1.14. The Kier molecular flexibility index (Phi) is 2.79. The predicted molar refractivity (Wildman–Crippen MR) is 60.2 cm³/mol. The van der Waals surface area contributed by atoms with Gasteiger partial charge in [0.05, 0.1) is 12.1 Å². The zero-order valence-corrected chi connectivity index (χ0v) is 9.41. The number of para-hydroxylation sites is 1. The normalized spacial score (nSPS) is 10.7. The molecule has 0 aliphatic rings. The molecule has 0 fully saturated rings. The van der Waals surface area contributed by atoms with E-state index in [1.807, 2.05) is 30.3 Å². The van der Waals surface area contributed by atoms with Crippen LogP contribution in [0.5, 0.6) is 0 Å². The highest BCUT2D eigenvalue weighted by molar-refractivity contribution is 9.10. The lowest BCUT2D eigenvalue weighted by atomic mass is 10.1. The molecule has 1 aromatic heterocycles. The van der Waals surface area contributed by atoms with Gasteiger partial charge in [-0.05, 0) is 22.0 Å². The lowest BCUT2D eigenvalue weighted by Gasteiger charge is -2.04. The summed E-state index contributed by atoms with van der Waals surface area (Å²) in [6, 6.07) is 10.1. The van der Waals surface area contributed by atoms with Gasteiger partial charge in [0.25, 0.3) is 0 Å². The molecular weight excluding hydrogens is 242 g/mol. The van der Waals surface area contributed by atoms with Crippen LogP contribution >= 0.6 is 15.9 Å². The Bertz CT molecular complexity index is 456. The fraction of sp³-hybridized carbons (Fsp3) is 0.182. The highest BCUT2D eigenvalue weighted by Crippen LogP contribution is 2.19. The van der Waals surface area contributed by atoms with Gasteiger partial charge >= 0.3 is 0 Å². The second-order valence-electron chi connectivity index (χ2n) is 3.06. The van der Waals surface area contributed by atoms with Gasteiger partial charge in [-0.3, -0.25) is 0 Å². The maximum absolute atomic E-state index is 5.12. The summed E-state index contributed by atoms with van der Waals surface area (Å²) in [4.78, 5) is 4.43. The van der Waals surface area contributed by atoms with E-state index in [0.29, 0.717) is 6.61 Å². The van der Waals surface area contributed by atoms with E-state index < -0.39 is 0 Å². The summed E-state index contributed by atoms with van der Waals surface area (Å²) in [6.45, 7) is 0.598. The summed E-state index contributed by atoms with van der Waals surface area (Å²) >= 11 is 3.37. The molecule has 0 radical (unpaired) electrons. The van der Waals surface area contributed by atoms with Gasteiger partial charge in [-0.1, -0.05) is 24.3 Å². The molecule has 2 rings (SSSR count). The minimum absolute atomic E-state index is 0.598. The number of hydrogen-bond donors (Lipinski definition) is 0. The number of halogens is 1. The first-order valence-corrected chi connectivity index (χ1v) is 5.13. The summed E-state index contributed by atoms with van der Waals surface area (Å²) in [7, 11) is 1.69. The number of hydrogen-bond acceptors (Lipinski definition) is 2. The Balaban J connectivity index is 2.64. The Hall–Kier alpha value is -0.930. The lowest BCUT2D eigenvalue weighted by Crippen LogP contribution is -1.91. The van der Waals surface area contributed by atoms with Crippen LogP contribution in [0, 0.1) is 0 Å². The van der Waals surface area contributed by atoms with E-state index >= 15 is 0 Å². The monoisotopic (exact) mass is 251 g/mol. The van der Waals surface area contributed by atoms with E-state index in [2.05, 4.69) is 20.9 Å². The Morgan fingerprint density at radius 3 is 2.93 bits per heavy atom. The number of benzene rings is 1. The van der Waals surface area contributed by atoms with Gasteiger partial charge < -0.3 is 4.74 Å². The van der Waals surface area contributed by atoms with Crippen molar-refractivity contribution in [3.63, 3.8) is 0 Å². The fourth-order valence-electron chi connectivity index (χ4n) is 1.46. The molecule has 3 heteroatoms. The second kappa shape index (κ2) is 4.07. The number of nitrogens with zero attached hydrogens (tertiary/aromatic N) is 1. The van der Waals surface area contributed by atoms with Crippen molar-refractivity contribution in [1.82, 2.24) is 4.98 Å². The minimum atomic E-state index is 0.598. The highest BCUT2D eigenvalue weighted by Gasteiger charge is 2.01. The van der Waals surface area contributed by atoms with Gasteiger partial charge in [0, 0.05) is 18.1 Å². The Labute approximate surface area is 91.0 Å². The molecule has 14 heavy (non-hydrogen) atoms. The first-order valence-electron chi connectivity index (χ1n) is 4.34. The zero-order valence-electron chi connectivity index (χ0n) is 7.83. The van der Waals surface area contributed by atoms with Crippen LogP contribution in [0.15, 0.2) is 34.9 Å². The number of aromatic nitrogens is 1. The number of fused-ring (bicyclic) bond motifs is 1. The smallest absolute Gasteiger partial charge is 0.106 e. The van der Waals surface area contributed by atoms with E-state index in [1.54, 1.807) is 7.11 Å². The first kappa shape index (κ1) is 9.62. The topological polar surface area (TPSA) is 22.1 Å². The van der Waals surface area contributed by atoms with Crippen LogP contribution in [-0.2, 0) is 11.3 Å². The molecule has 0 unspecified atom stereocenters. The summed E-state index contributed by atoms with van der Waals surface area (Å²) < 4.78 is 5.98. The van der Waals surface area contributed by atoms with Crippen molar-refractivity contribution in [2.75, 3.05) is 7.11 Å². The quantitative estimate of drug-likeness (QED) is 0.766. The molecule has 0 saturated carbocycles. The van der Waals surface area contributed by atoms with Crippen LogP contribution in [0.25, 0.3) is 10.9 Å². The summed E-state index contributed by atoms with van der Waals surface area (Å²) in [6.07, 6.45) is 0. The largest absolute Gasteiger partial charge is 0.380 e. The van der Waals surface area contributed by atoms with Crippen molar-refractivity contribution in [2.24, 2.45) is 0 Å². The molecule has 0 aliphatic heterocycles. The van der Waals surface area contributed by atoms with Crippen LogP contribution in [0.2, 0.25) is 0 Å². The fourth-order valence-corrected chi connectivity index (χ4v) is 1.77. The van der Waals surface area contributed by atoms with Crippen molar-refractivity contribution in [1.29, 1.82) is 0 Å². The summed E-state index contributed by atoms with van der Waals surface area (Å²) in [5.74, 6) is 0. The molecule has 0 N–H and O–H groups in total. The van der Waals surface area contributed by atoms with Crippen molar-refractivity contribution in [2.45, 2.75) is 6.61 Å². The molecule has 0 spiro atoms. The standard InChI is InChI=1S/C11H10BrNO/c1-14-7-9-4-2-3-8-5-6-10(12)13-11(8)9/h2-6H,7H2,1H3. The van der Waals surface area contributed by atoms with Gasteiger partial charge in [-0.2, -0.15) is 0 Å². The van der Waals surface area contributed by atoms with Crippen molar-refractivity contribution in [3.8, 4) is 0 Å². The van der Waals surface area contributed by atoms with Crippen molar-refractivity contribution in [3.05, 3.63) is 40.5 Å². The van der Waals surface area contributed by atoms with Gasteiger partial charge in [-0.15, -0.1) is 0 Å². The molecule has 1 aromatic carbocycles. The predicted octanol–water partition coefficient (Wildman–Crippen LogP) is 3.14. The molecule has 1 heterocycles. The van der Waals surface area contributed by atoms with E-state index in [1.165, 1.54) is 0 Å². The molecule has 2 aromatic rings. The third-order valence-corrected chi connectivity index (χ3v) is 2.51. The Morgan fingerprint density at radius 2 is 2.14 bits per heavy atom. The molecule has 0 aliphatic carbocycles. The van der Waals surface area contributed by atoms with Crippen LogP contribution in [0.3, 0.4) is 0 Å². The average molecular weight is 252 g/mol. The maximum Gasteiger partial charge on any atom is 0.106 e. The molecule has 0 bridgehead atoms. The molecule has 0 amide bonds. The number of rotatable bonds is 2. The van der Waals surface area contributed by atoms with E-state index in [4.69, 9.17) is 4.74 Å². The van der Waals surface area contributed by atoms with Crippen LogP contribution in [0.4, 0.5) is 0 Å². The van der Waals surface area contributed by atoms with Crippen molar-refractivity contribution >= 4 is 26.8 Å². The molecule has 72 valence electrons. The van der Waals surface area contributed by atoms with Crippen molar-refractivity contribution < 1.29 is 4.74 Å².